The van der Waals surface area contributed by atoms with Crippen LogP contribution in [0.25, 0.3) is 0 Å². The molecule has 0 amide bonds. The largest absolute Gasteiger partial charge is 0.392 e. The molecule has 4 heteroatoms. The number of hydrogen-bond donors (Lipinski definition) is 2. The molecule has 2 rings (SSSR count). The van der Waals surface area contributed by atoms with Crippen molar-refractivity contribution < 1.29 is 14.6 Å². The molecule has 0 aliphatic carbocycles. The summed E-state index contributed by atoms with van der Waals surface area (Å²) in [5, 5.41) is 19.3. The van der Waals surface area contributed by atoms with Crippen LogP contribution in [0, 0.1) is 5.82 Å². The second-order valence-corrected chi connectivity index (χ2v) is 4.60. The number of nitrogens with zero attached hydrogens (tertiary/aromatic N) is 1. The third-order valence-corrected chi connectivity index (χ3v) is 3.22. The van der Waals surface area contributed by atoms with E-state index in [0.717, 1.165) is 25.1 Å². The van der Waals surface area contributed by atoms with Crippen LogP contribution in [0.4, 0.5) is 4.39 Å². The van der Waals surface area contributed by atoms with Gasteiger partial charge in [-0.05, 0) is 30.5 Å². The van der Waals surface area contributed by atoms with Crippen LogP contribution in [0.1, 0.15) is 24.5 Å². The van der Waals surface area contributed by atoms with Crippen molar-refractivity contribution in [1.82, 2.24) is 4.90 Å². The molecule has 3 nitrogen and oxygen atoms in total. The molecule has 1 aromatic rings. The Morgan fingerprint density at radius 3 is 2.65 bits per heavy atom. The summed E-state index contributed by atoms with van der Waals surface area (Å²) in [5.74, 6) is -0.288. The highest BCUT2D eigenvalue weighted by molar-refractivity contribution is 5.18. The van der Waals surface area contributed by atoms with Gasteiger partial charge in [0.2, 0.25) is 0 Å². The lowest BCUT2D eigenvalue weighted by molar-refractivity contribution is 0.138. The van der Waals surface area contributed by atoms with Gasteiger partial charge in [0.25, 0.3) is 0 Å². The fraction of sp³-hybridized carbons (Fsp3) is 0.538. The van der Waals surface area contributed by atoms with Crippen LogP contribution < -0.4 is 0 Å². The van der Waals surface area contributed by atoms with Gasteiger partial charge in [-0.1, -0.05) is 12.1 Å². The SMILES string of the molecule is OC1CCN(CCC(O)c2ccc(F)cc2)C1. The number of aliphatic hydroxyl groups is 2. The Kier molecular flexibility index (Phi) is 4.10. The summed E-state index contributed by atoms with van der Waals surface area (Å²) in [6.07, 6.45) is 0.636. The van der Waals surface area contributed by atoms with Gasteiger partial charge in [0.15, 0.2) is 0 Å². The first-order chi connectivity index (χ1) is 8.15. The Labute approximate surface area is 100 Å². The molecule has 1 aliphatic rings. The molecular weight excluding hydrogens is 221 g/mol. The van der Waals surface area contributed by atoms with E-state index in [1.807, 2.05) is 0 Å². The molecule has 2 unspecified atom stereocenters. The van der Waals surface area contributed by atoms with Crippen molar-refractivity contribution in [3.05, 3.63) is 35.6 Å². The number of β-amino-alcohol motifs (C(OH)–C–C–N with tert-alkyl or cyclic N) is 1. The Balaban J connectivity index is 1.81. The Morgan fingerprint density at radius 2 is 2.06 bits per heavy atom. The van der Waals surface area contributed by atoms with E-state index in [9.17, 15) is 14.6 Å². The van der Waals surface area contributed by atoms with Crippen molar-refractivity contribution in [3.8, 4) is 0 Å². The second kappa shape index (κ2) is 5.58. The van der Waals surface area contributed by atoms with Crippen molar-refractivity contribution in [2.45, 2.75) is 25.0 Å². The first-order valence-electron chi connectivity index (χ1n) is 5.99. The van der Waals surface area contributed by atoms with Gasteiger partial charge in [-0.25, -0.2) is 4.39 Å². The minimum absolute atomic E-state index is 0.224. The van der Waals surface area contributed by atoms with E-state index in [-0.39, 0.29) is 11.9 Å². The Bertz CT molecular complexity index is 355. The molecule has 94 valence electrons. The molecule has 0 spiro atoms. The molecule has 0 saturated carbocycles. The van der Waals surface area contributed by atoms with E-state index in [4.69, 9.17) is 0 Å². The molecule has 17 heavy (non-hydrogen) atoms. The predicted octanol–water partition coefficient (Wildman–Crippen LogP) is 1.32. The van der Waals surface area contributed by atoms with Crippen LogP contribution in [-0.4, -0.2) is 40.9 Å². The number of halogens is 1. The number of aliphatic hydroxyl groups excluding tert-OH is 2. The van der Waals surface area contributed by atoms with Crippen LogP contribution in [-0.2, 0) is 0 Å². The third kappa shape index (κ3) is 3.49. The van der Waals surface area contributed by atoms with Crippen LogP contribution in [0.5, 0.6) is 0 Å². The maximum Gasteiger partial charge on any atom is 0.123 e. The third-order valence-electron chi connectivity index (χ3n) is 3.22. The predicted molar refractivity (Wildman–Crippen MR) is 63.0 cm³/mol. The topological polar surface area (TPSA) is 43.7 Å². The molecular formula is C13H18FNO2. The van der Waals surface area contributed by atoms with E-state index in [0.29, 0.717) is 13.0 Å². The summed E-state index contributed by atoms with van der Waals surface area (Å²) in [7, 11) is 0. The van der Waals surface area contributed by atoms with Crippen LogP contribution in [0.15, 0.2) is 24.3 Å². The molecule has 1 aliphatic heterocycles. The minimum Gasteiger partial charge on any atom is -0.392 e. The molecule has 0 radical (unpaired) electrons. The summed E-state index contributed by atoms with van der Waals surface area (Å²) in [6.45, 7) is 2.34. The van der Waals surface area contributed by atoms with Gasteiger partial charge in [0.05, 0.1) is 12.2 Å². The monoisotopic (exact) mass is 239 g/mol. The summed E-state index contributed by atoms with van der Waals surface area (Å²) >= 11 is 0. The average Bonchev–Trinajstić information content (AvgIpc) is 2.73. The number of likely N-dealkylation sites (tertiary alicyclic amines) is 1. The van der Waals surface area contributed by atoms with E-state index in [2.05, 4.69) is 4.90 Å². The summed E-state index contributed by atoms with van der Waals surface area (Å²) in [5.41, 5.74) is 0.742. The standard InChI is InChI=1S/C13H18FNO2/c14-11-3-1-10(2-4-11)13(17)6-8-15-7-5-12(16)9-15/h1-4,12-13,16-17H,5-9H2. The number of benzene rings is 1. The maximum absolute atomic E-state index is 12.7. The summed E-state index contributed by atoms with van der Waals surface area (Å²) in [4.78, 5) is 2.14. The van der Waals surface area contributed by atoms with Crippen molar-refractivity contribution in [2.24, 2.45) is 0 Å². The lowest BCUT2D eigenvalue weighted by Gasteiger charge is -2.17. The lowest BCUT2D eigenvalue weighted by Crippen LogP contribution is -2.24. The van der Waals surface area contributed by atoms with Gasteiger partial charge in [-0.15, -0.1) is 0 Å². The van der Waals surface area contributed by atoms with Gasteiger partial charge in [0, 0.05) is 19.6 Å². The minimum atomic E-state index is -0.562. The lowest BCUT2D eigenvalue weighted by atomic mass is 10.1. The fourth-order valence-electron chi connectivity index (χ4n) is 2.17. The maximum atomic E-state index is 12.7. The zero-order valence-electron chi connectivity index (χ0n) is 9.72. The van der Waals surface area contributed by atoms with Crippen LogP contribution in [0.2, 0.25) is 0 Å². The molecule has 1 heterocycles. The molecule has 2 N–H and O–H groups in total. The number of hydrogen-bond acceptors (Lipinski definition) is 3. The Hall–Kier alpha value is -0.970. The molecule has 0 aromatic heterocycles. The molecule has 1 fully saturated rings. The van der Waals surface area contributed by atoms with Gasteiger partial charge in [-0.3, -0.25) is 0 Å². The second-order valence-electron chi connectivity index (χ2n) is 4.60. The van der Waals surface area contributed by atoms with Crippen molar-refractivity contribution >= 4 is 0 Å². The molecule has 0 bridgehead atoms. The highest BCUT2D eigenvalue weighted by atomic mass is 19.1. The van der Waals surface area contributed by atoms with Crippen LogP contribution >= 0.6 is 0 Å². The normalized spacial score (nSPS) is 22.9. The van der Waals surface area contributed by atoms with E-state index in [1.165, 1.54) is 12.1 Å². The average molecular weight is 239 g/mol. The molecule has 1 saturated heterocycles. The summed E-state index contributed by atoms with van der Waals surface area (Å²) in [6, 6.07) is 5.94. The zero-order chi connectivity index (χ0) is 12.3. The van der Waals surface area contributed by atoms with Crippen molar-refractivity contribution in [1.29, 1.82) is 0 Å². The first-order valence-corrected chi connectivity index (χ1v) is 5.99. The Morgan fingerprint density at radius 1 is 1.35 bits per heavy atom. The quantitative estimate of drug-likeness (QED) is 0.832. The number of rotatable bonds is 4. The first kappa shape index (κ1) is 12.5. The zero-order valence-corrected chi connectivity index (χ0v) is 9.72. The van der Waals surface area contributed by atoms with Gasteiger partial charge in [-0.2, -0.15) is 0 Å². The van der Waals surface area contributed by atoms with Gasteiger partial charge in [0.1, 0.15) is 5.82 Å². The van der Waals surface area contributed by atoms with Gasteiger partial charge < -0.3 is 15.1 Å². The van der Waals surface area contributed by atoms with Crippen molar-refractivity contribution in [3.63, 3.8) is 0 Å². The van der Waals surface area contributed by atoms with Gasteiger partial charge >= 0.3 is 0 Å². The smallest absolute Gasteiger partial charge is 0.123 e. The molecule has 2 atom stereocenters. The van der Waals surface area contributed by atoms with E-state index in [1.54, 1.807) is 12.1 Å². The van der Waals surface area contributed by atoms with Crippen molar-refractivity contribution in [2.75, 3.05) is 19.6 Å². The highest BCUT2D eigenvalue weighted by Gasteiger charge is 2.20. The fourth-order valence-corrected chi connectivity index (χ4v) is 2.17. The van der Waals surface area contributed by atoms with E-state index < -0.39 is 6.10 Å². The van der Waals surface area contributed by atoms with E-state index >= 15 is 0 Å². The molecule has 1 aromatic carbocycles. The summed E-state index contributed by atoms with van der Waals surface area (Å²) < 4.78 is 12.7. The highest BCUT2D eigenvalue weighted by Crippen LogP contribution is 2.18. The van der Waals surface area contributed by atoms with Crippen LogP contribution in [0.3, 0.4) is 0 Å².